The van der Waals surface area contributed by atoms with Crippen LogP contribution in [0.25, 0.3) is 11.1 Å². The highest BCUT2D eigenvalue weighted by Crippen LogP contribution is 2.63. The predicted octanol–water partition coefficient (Wildman–Crippen LogP) is 6.49. The van der Waals surface area contributed by atoms with E-state index in [9.17, 15) is 34.8 Å². The number of hydrogen-bond acceptors (Lipinski definition) is 3. The van der Waals surface area contributed by atoms with Crippen molar-refractivity contribution in [1.29, 1.82) is 0 Å². The molecule has 0 unspecified atom stereocenters. The van der Waals surface area contributed by atoms with Gasteiger partial charge in [-0.1, -0.05) is 18.2 Å². The van der Waals surface area contributed by atoms with Gasteiger partial charge in [0.1, 0.15) is 5.75 Å². The number of rotatable bonds is 4. The zero-order valence-corrected chi connectivity index (χ0v) is 17.6. The van der Waals surface area contributed by atoms with Gasteiger partial charge in [-0.3, -0.25) is 0 Å². The molecule has 10 heteroatoms. The molecule has 0 saturated heterocycles. The average molecular weight is 476 g/mol. The molecule has 0 aliphatic heterocycles. The number of alkyl halides is 6. The van der Waals surface area contributed by atoms with E-state index in [0.717, 1.165) is 43.7 Å². The first-order valence-electron chi connectivity index (χ1n) is 9.67. The summed E-state index contributed by atoms with van der Waals surface area (Å²) in [6, 6.07) is 8.14. The van der Waals surface area contributed by atoms with Crippen molar-refractivity contribution in [2.75, 3.05) is 7.11 Å². The van der Waals surface area contributed by atoms with Crippen molar-refractivity contribution in [3.05, 3.63) is 59.2 Å². The molecule has 2 aromatic carbocycles. The smallest absolute Gasteiger partial charge is 0.496 e. The first-order chi connectivity index (χ1) is 14.8. The number of allylic oxidation sites excluding steroid dienone is 2. The molecule has 172 valence electrons. The van der Waals surface area contributed by atoms with Crippen molar-refractivity contribution in [3.8, 4) is 5.75 Å². The maximum absolute atomic E-state index is 13.5. The van der Waals surface area contributed by atoms with Crippen LogP contribution in [0, 0.1) is 5.41 Å². The minimum atomic E-state index is -5.48. The predicted molar refractivity (Wildman–Crippen MR) is 105 cm³/mol. The minimum absolute atomic E-state index is 0.0558. The van der Waals surface area contributed by atoms with E-state index in [1.807, 2.05) is 0 Å². The average Bonchev–Trinajstić information content (AvgIpc) is 3.36. The number of hydrogen-bond donors (Lipinski definition) is 0. The third-order valence-electron chi connectivity index (χ3n) is 6.10. The van der Waals surface area contributed by atoms with Crippen LogP contribution in [0.4, 0.5) is 26.3 Å². The van der Waals surface area contributed by atoms with E-state index in [4.69, 9.17) is 4.74 Å². The lowest BCUT2D eigenvalue weighted by Crippen LogP contribution is -2.23. The number of ether oxygens (including phenoxy) is 1. The van der Waals surface area contributed by atoms with Gasteiger partial charge in [0, 0.05) is 0 Å². The molecule has 0 radical (unpaired) electrons. The highest BCUT2D eigenvalue weighted by molar-refractivity contribution is 7.92. The molecule has 3 nitrogen and oxygen atoms in total. The topological polar surface area (TPSA) is 43.4 Å². The molecule has 0 heterocycles. The highest BCUT2D eigenvalue weighted by Gasteiger charge is 2.49. The Balaban J connectivity index is 1.79. The SMILES string of the molecule is COc1ccc(C2=C(c3ccc(S(=O)(=O)C(F)(F)F)cc3)CC3(CC3)C2)cc1C(F)(F)F. The van der Waals surface area contributed by atoms with Gasteiger partial charge < -0.3 is 4.74 Å². The molecule has 2 aliphatic rings. The lowest BCUT2D eigenvalue weighted by Gasteiger charge is -2.15. The second-order valence-electron chi connectivity index (χ2n) is 8.20. The van der Waals surface area contributed by atoms with E-state index >= 15 is 0 Å². The number of methoxy groups -OCH3 is 1. The molecule has 0 amide bonds. The van der Waals surface area contributed by atoms with Crippen LogP contribution in [0.15, 0.2) is 47.4 Å². The molecule has 0 bridgehead atoms. The van der Waals surface area contributed by atoms with E-state index in [-0.39, 0.29) is 11.2 Å². The van der Waals surface area contributed by atoms with Crippen LogP contribution in [-0.2, 0) is 16.0 Å². The molecule has 0 aromatic heterocycles. The maximum Gasteiger partial charge on any atom is 0.501 e. The van der Waals surface area contributed by atoms with Crippen molar-refractivity contribution >= 4 is 21.0 Å². The Labute approximate surface area is 180 Å². The zero-order valence-electron chi connectivity index (χ0n) is 16.8. The van der Waals surface area contributed by atoms with Gasteiger partial charge in [-0.15, -0.1) is 0 Å². The molecule has 4 rings (SSSR count). The van der Waals surface area contributed by atoms with E-state index < -0.39 is 32.0 Å². The van der Waals surface area contributed by atoms with Crippen molar-refractivity contribution in [3.63, 3.8) is 0 Å². The van der Waals surface area contributed by atoms with E-state index in [1.54, 1.807) is 0 Å². The Hall–Kier alpha value is -2.49. The molecule has 32 heavy (non-hydrogen) atoms. The molecule has 1 spiro atoms. The van der Waals surface area contributed by atoms with Gasteiger partial charge >= 0.3 is 11.7 Å². The Kier molecular flexibility index (Phi) is 5.15. The third-order valence-corrected chi connectivity index (χ3v) is 7.60. The van der Waals surface area contributed by atoms with Crippen molar-refractivity contribution < 1.29 is 39.5 Å². The minimum Gasteiger partial charge on any atom is -0.496 e. The fourth-order valence-electron chi connectivity index (χ4n) is 4.19. The number of benzene rings is 2. The van der Waals surface area contributed by atoms with E-state index in [1.165, 1.54) is 24.3 Å². The van der Waals surface area contributed by atoms with Crippen LogP contribution < -0.4 is 4.74 Å². The maximum atomic E-state index is 13.5. The molecule has 2 aromatic rings. The lowest BCUT2D eigenvalue weighted by molar-refractivity contribution is -0.138. The van der Waals surface area contributed by atoms with E-state index in [2.05, 4.69) is 0 Å². The summed E-state index contributed by atoms with van der Waals surface area (Å²) in [5.74, 6) is -0.302. The van der Waals surface area contributed by atoms with Gasteiger partial charge in [0.05, 0.1) is 17.6 Å². The first kappa shape index (κ1) is 22.7. The zero-order chi connectivity index (χ0) is 23.5. The van der Waals surface area contributed by atoms with Crippen LogP contribution in [0.2, 0.25) is 0 Å². The monoisotopic (exact) mass is 476 g/mol. The summed E-state index contributed by atoms with van der Waals surface area (Å²) in [5.41, 5.74) is -4.12. The molecule has 0 atom stereocenters. The van der Waals surface area contributed by atoms with Gasteiger partial charge in [0.15, 0.2) is 0 Å². The summed E-state index contributed by atoms with van der Waals surface area (Å²) in [7, 11) is -4.32. The first-order valence-corrected chi connectivity index (χ1v) is 11.2. The molecule has 1 saturated carbocycles. The lowest BCUT2D eigenvalue weighted by atomic mass is 9.95. The fourth-order valence-corrected chi connectivity index (χ4v) is 4.96. The molecule has 2 aliphatic carbocycles. The Morgan fingerprint density at radius 1 is 0.844 bits per heavy atom. The van der Waals surface area contributed by atoms with Crippen molar-refractivity contribution in [1.82, 2.24) is 0 Å². The van der Waals surface area contributed by atoms with E-state index in [0.29, 0.717) is 29.5 Å². The van der Waals surface area contributed by atoms with Crippen LogP contribution >= 0.6 is 0 Å². The number of sulfone groups is 1. The molecule has 1 fully saturated rings. The van der Waals surface area contributed by atoms with Crippen molar-refractivity contribution in [2.24, 2.45) is 5.41 Å². The van der Waals surface area contributed by atoms with Crippen molar-refractivity contribution in [2.45, 2.75) is 42.3 Å². The van der Waals surface area contributed by atoms with Crippen LogP contribution in [0.1, 0.15) is 42.4 Å². The third kappa shape index (κ3) is 3.89. The van der Waals surface area contributed by atoms with Gasteiger partial charge in [0.25, 0.3) is 9.84 Å². The van der Waals surface area contributed by atoms with Crippen LogP contribution in [-0.4, -0.2) is 21.0 Å². The van der Waals surface area contributed by atoms with Gasteiger partial charge in [0.2, 0.25) is 0 Å². The Bertz CT molecular complexity index is 1190. The van der Waals surface area contributed by atoms with Gasteiger partial charge in [-0.25, -0.2) is 8.42 Å². The van der Waals surface area contributed by atoms with Gasteiger partial charge in [-0.2, -0.15) is 26.3 Å². The molecule has 0 N–H and O–H groups in total. The molecular weight excluding hydrogens is 458 g/mol. The van der Waals surface area contributed by atoms with Crippen LogP contribution in [0.3, 0.4) is 0 Å². The van der Waals surface area contributed by atoms with Crippen LogP contribution in [0.5, 0.6) is 5.75 Å². The summed E-state index contributed by atoms with van der Waals surface area (Å²) in [5, 5.41) is 0. The second-order valence-corrected chi connectivity index (χ2v) is 10.1. The second kappa shape index (κ2) is 7.26. The summed E-state index contributed by atoms with van der Waals surface area (Å²) in [6.07, 6.45) is -1.69. The number of halogens is 6. The fraction of sp³-hybridized carbons (Fsp3) is 0.364. The molecular formula is C22H18F6O3S. The Morgan fingerprint density at radius 3 is 1.84 bits per heavy atom. The largest absolute Gasteiger partial charge is 0.501 e. The summed E-state index contributed by atoms with van der Waals surface area (Å²) < 4.78 is 107. The normalized spacial score (nSPS) is 18.3. The standard InChI is InChI=1S/C22H18F6O3S/c1-31-19-7-4-14(10-18(19)21(23,24)25)17-12-20(8-9-20)11-16(17)13-2-5-15(6-3-13)32(29,30)22(26,27)28/h2-7,10H,8-9,11-12H2,1H3. The summed E-state index contributed by atoms with van der Waals surface area (Å²) >= 11 is 0. The Morgan fingerprint density at radius 2 is 1.38 bits per heavy atom. The highest BCUT2D eigenvalue weighted by atomic mass is 32.2. The summed E-state index contributed by atoms with van der Waals surface area (Å²) in [6.45, 7) is 0. The summed E-state index contributed by atoms with van der Waals surface area (Å²) in [4.78, 5) is -0.876. The van der Waals surface area contributed by atoms with Gasteiger partial charge in [-0.05, 0) is 77.6 Å². The quantitative estimate of drug-likeness (QED) is 0.474.